The normalized spacial score (nSPS) is 15.1. The van der Waals surface area contributed by atoms with Gasteiger partial charge in [0.1, 0.15) is 11.6 Å². The molecule has 0 radical (unpaired) electrons. The fourth-order valence-electron chi connectivity index (χ4n) is 3.03. The van der Waals surface area contributed by atoms with Crippen molar-refractivity contribution < 1.29 is 17.6 Å². The summed E-state index contributed by atoms with van der Waals surface area (Å²) in [5.41, 5.74) is 0.911. The number of rotatable bonds is 3. The predicted octanol–water partition coefficient (Wildman–Crippen LogP) is 4.69. The number of nitrogens with zero attached hydrogens (tertiary/aromatic N) is 4. The van der Waals surface area contributed by atoms with Gasteiger partial charge in [-0.05, 0) is 36.4 Å². The Labute approximate surface area is 163 Å². The van der Waals surface area contributed by atoms with E-state index in [9.17, 15) is 17.6 Å². The smallest absolute Gasteiger partial charge is 0.353 e. The molecule has 2 aromatic heterocycles. The van der Waals surface area contributed by atoms with Crippen molar-refractivity contribution in [1.82, 2.24) is 9.97 Å². The molecule has 1 saturated heterocycles. The van der Waals surface area contributed by atoms with Crippen molar-refractivity contribution in [3.05, 3.63) is 59.4 Å². The third-order valence-electron chi connectivity index (χ3n) is 4.58. The quantitative estimate of drug-likeness (QED) is 0.589. The zero-order valence-corrected chi connectivity index (χ0v) is 15.5. The van der Waals surface area contributed by atoms with Crippen LogP contribution in [0.25, 0.3) is 11.3 Å². The molecule has 0 saturated carbocycles. The Kier molecular flexibility index (Phi) is 4.92. The molecule has 0 aliphatic carbocycles. The fraction of sp³-hybridized carbons (Fsp3) is 0.263. The molecule has 0 amide bonds. The number of benzene rings is 1. The lowest BCUT2D eigenvalue weighted by atomic mass is 10.2. The van der Waals surface area contributed by atoms with Crippen LogP contribution < -0.4 is 9.80 Å². The second-order valence-corrected chi connectivity index (χ2v) is 7.24. The third-order valence-corrected chi connectivity index (χ3v) is 5.48. The van der Waals surface area contributed by atoms with Crippen molar-refractivity contribution in [2.24, 2.45) is 0 Å². The van der Waals surface area contributed by atoms with Crippen molar-refractivity contribution in [2.75, 3.05) is 36.0 Å². The average Bonchev–Trinajstić information content (AvgIpc) is 3.18. The SMILES string of the molecule is Fc1ccc(-c2csc(N3CCN(c4ccc(C(F)(F)F)cn4)CC3)n2)cc1. The highest BCUT2D eigenvalue weighted by Gasteiger charge is 2.31. The Hall–Kier alpha value is -2.68. The lowest BCUT2D eigenvalue weighted by molar-refractivity contribution is -0.137. The minimum atomic E-state index is -4.38. The maximum Gasteiger partial charge on any atom is 0.417 e. The van der Waals surface area contributed by atoms with Crippen LogP contribution in [0.2, 0.25) is 0 Å². The molecule has 1 fully saturated rings. The first-order chi connectivity index (χ1) is 13.4. The van der Waals surface area contributed by atoms with Crippen molar-refractivity contribution in [1.29, 1.82) is 0 Å². The summed E-state index contributed by atoms with van der Waals surface area (Å²) in [5, 5.41) is 2.81. The van der Waals surface area contributed by atoms with Crippen molar-refractivity contribution in [2.45, 2.75) is 6.18 Å². The van der Waals surface area contributed by atoms with Gasteiger partial charge in [-0.3, -0.25) is 0 Å². The molecule has 146 valence electrons. The van der Waals surface area contributed by atoms with E-state index < -0.39 is 11.7 Å². The zero-order valence-electron chi connectivity index (χ0n) is 14.7. The Morgan fingerprint density at radius 2 is 1.57 bits per heavy atom. The van der Waals surface area contributed by atoms with Crippen molar-refractivity contribution >= 4 is 22.3 Å². The maximum absolute atomic E-state index is 13.1. The zero-order chi connectivity index (χ0) is 19.7. The summed E-state index contributed by atoms with van der Waals surface area (Å²) in [6.07, 6.45) is -3.51. The molecule has 0 atom stereocenters. The summed E-state index contributed by atoms with van der Waals surface area (Å²) < 4.78 is 51.0. The topological polar surface area (TPSA) is 32.3 Å². The Morgan fingerprint density at radius 3 is 2.18 bits per heavy atom. The molecule has 4 nitrogen and oxygen atoms in total. The first kappa shape index (κ1) is 18.7. The number of pyridine rings is 1. The number of anilines is 2. The number of piperazine rings is 1. The second kappa shape index (κ2) is 7.38. The number of thiazole rings is 1. The lowest BCUT2D eigenvalue weighted by Crippen LogP contribution is -2.46. The standard InChI is InChI=1S/C19H16F4N4S/c20-15-4-1-13(2-5-15)16-12-28-18(25-16)27-9-7-26(8-10-27)17-6-3-14(11-24-17)19(21,22)23/h1-6,11-12H,7-10H2. The highest BCUT2D eigenvalue weighted by atomic mass is 32.1. The van der Waals surface area contributed by atoms with Crippen LogP contribution in [0, 0.1) is 5.82 Å². The molecule has 28 heavy (non-hydrogen) atoms. The molecule has 1 aromatic carbocycles. The summed E-state index contributed by atoms with van der Waals surface area (Å²) in [7, 11) is 0. The molecule has 0 unspecified atom stereocenters. The number of hydrogen-bond donors (Lipinski definition) is 0. The third kappa shape index (κ3) is 3.94. The van der Waals surface area contributed by atoms with Gasteiger partial charge in [0.15, 0.2) is 5.13 Å². The molecule has 9 heteroatoms. The van der Waals surface area contributed by atoms with E-state index in [0.717, 1.165) is 28.7 Å². The largest absolute Gasteiger partial charge is 0.417 e. The van der Waals surface area contributed by atoms with E-state index in [2.05, 4.69) is 14.9 Å². The highest BCUT2D eigenvalue weighted by Crippen LogP contribution is 2.31. The highest BCUT2D eigenvalue weighted by molar-refractivity contribution is 7.14. The second-order valence-electron chi connectivity index (χ2n) is 6.40. The molecule has 3 aromatic rings. The Bertz CT molecular complexity index is 930. The molecular weight excluding hydrogens is 392 g/mol. The molecule has 1 aliphatic heterocycles. The predicted molar refractivity (Wildman–Crippen MR) is 101 cm³/mol. The van der Waals surface area contributed by atoms with E-state index in [4.69, 9.17) is 0 Å². The van der Waals surface area contributed by atoms with Crippen LogP contribution >= 0.6 is 11.3 Å². The van der Waals surface area contributed by atoms with Gasteiger partial charge < -0.3 is 9.80 Å². The van der Waals surface area contributed by atoms with Crippen LogP contribution in [-0.4, -0.2) is 36.1 Å². The molecule has 0 spiro atoms. The number of aromatic nitrogens is 2. The van der Waals surface area contributed by atoms with Crippen LogP contribution in [-0.2, 0) is 6.18 Å². The van der Waals surface area contributed by atoms with Gasteiger partial charge >= 0.3 is 6.18 Å². The van der Waals surface area contributed by atoms with E-state index in [1.165, 1.54) is 29.5 Å². The first-order valence-electron chi connectivity index (χ1n) is 8.65. The molecule has 0 N–H and O–H groups in total. The van der Waals surface area contributed by atoms with E-state index >= 15 is 0 Å². The summed E-state index contributed by atoms with van der Waals surface area (Å²) in [4.78, 5) is 12.7. The van der Waals surface area contributed by atoms with Crippen LogP contribution in [0.5, 0.6) is 0 Å². The first-order valence-corrected chi connectivity index (χ1v) is 9.53. The lowest BCUT2D eigenvalue weighted by Gasteiger charge is -2.35. The van der Waals surface area contributed by atoms with Gasteiger partial charge in [0.05, 0.1) is 11.3 Å². The van der Waals surface area contributed by atoms with Crippen LogP contribution in [0.4, 0.5) is 28.5 Å². The summed E-state index contributed by atoms with van der Waals surface area (Å²) in [5.74, 6) is 0.256. The molecular formula is C19H16F4N4S. The van der Waals surface area contributed by atoms with Crippen molar-refractivity contribution in [3.63, 3.8) is 0 Å². The van der Waals surface area contributed by atoms with E-state index in [0.29, 0.717) is 32.0 Å². The van der Waals surface area contributed by atoms with Crippen LogP contribution in [0.1, 0.15) is 5.56 Å². The Balaban J connectivity index is 1.40. The number of halogens is 4. The van der Waals surface area contributed by atoms with Gasteiger partial charge in [0.2, 0.25) is 0 Å². The molecule has 1 aliphatic rings. The summed E-state index contributed by atoms with van der Waals surface area (Å²) in [6, 6.07) is 8.68. The number of hydrogen-bond acceptors (Lipinski definition) is 5. The maximum atomic E-state index is 13.1. The van der Waals surface area contributed by atoms with Gasteiger partial charge in [0, 0.05) is 43.3 Å². The van der Waals surface area contributed by atoms with E-state index in [1.807, 2.05) is 10.3 Å². The monoisotopic (exact) mass is 408 g/mol. The minimum Gasteiger partial charge on any atom is -0.353 e. The van der Waals surface area contributed by atoms with Gasteiger partial charge in [-0.25, -0.2) is 14.4 Å². The van der Waals surface area contributed by atoms with Crippen LogP contribution in [0.3, 0.4) is 0 Å². The van der Waals surface area contributed by atoms with E-state index in [1.54, 1.807) is 12.1 Å². The molecule has 4 rings (SSSR count). The summed E-state index contributed by atoms with van der Waals surface area (Å²) in [6.45, 7) is 2.67. The fourth-order valence-corrected chi connectivity index (χ4v) is 3.92. The van der Waals surface area contributed by atoms with Gasteiger partial charge in [0.25, 0.3) is 0 Å². The number of alkyl halides is 3. The summed E-state index contributed by atoms with van der Waals surface area (Å²) >= 11 is 1.52. The Morgan fingerprint density at radius 1 is 0.893 bits per heavy atom. The minimum absolute atomic E-state index is 0.285. The van der Waals surface area contributed by atoms with Gasteiger partial charge in [-0.15, -0.1) is 11.3 Å². The van der Waals surface area contributed by atoms with E-state index in [-0.39, 0.29) is 5.82 Å². The van der Waals surface area contributed by atoms with Gasteiger partial charge in [-0.2, -0.15) is 13.2 Å². The van der Waals surface area contributed by atoms with Gasteiger partial charge in [-0.1, -0.05) is 0 Å². The van der Waals surface area contributed by atoms with Crippen LogP contribution in [0.15, 0.2) is 48.0 Å². The molecule has 3 heterocycles. The average molecular weight is 408 g/mol. The molecule has 0 bridgehead atoms. The van der Waals surface area contributed by atoms with Crippen molar-refractivity contribution in [3.8, 4) is 11.3 Å².